The van der Waals surface area contributed by atoms with Gasteiger partial charge in [-0.1, -0.05) is 0 Å². The van der Waals surface area contributed by atoms with Crippen molar-refractivity contribution in [3.63, 3.8) is 0 Å². The largest absolute Gasteiger partial charge is 0.354 e. The summed E-state index contributed by atoms with van der Waals surface area (Å²) in [6.45, 7) is 0. The lowest BCUT2D eigenvalue weighted by molar-refractivity contribution is 0.557. The molecular formula is C22H26N4. The van der Waals surface area contributed by atoms with E-state index in [0.717, 1.165) is 0 Å². The highest BCUT2D eigenvalue weighted by molar-refractivity contribution is 5.38. The first-order chi connectivity index (χ1) is 12.6. The maximum atomic E-state index is 2.25. The van der Waals surface area contributed by atoms with E-state index in [4.69, 9.17) is 0 Å². The van der Waals surface area contributed by atoms with E-state index in [-0.39, 0.29) is 11.8 Å². The topological polar surface area (TPSA) is 19.7 Å². The van der Waals surface area contributed by atoms with E-state index in [0.29, 0.717) is 0 Å². The summed E-state index contributed by atoms with van der Waals surface area (Å²) in [6, 6.07) is 17.5. The number of rotatable bonds is 5. The molecule has 0 aromatic carbocycles. The lowest BCUT2D eigenvalue weighted by Gasteiger charge is -2.30. The summed E-state index contributed by atoms with van der Waals surface area (Å²) in [5.74, 6) is 0.439. The van der Waals surface area contributed by atoms with Crippen molar-refractivity contribution in [2.45, 2.75) is 11.8 Å². The first-order valence-electron chi connectivity index (χ1n) is 9.03. The zero-order valence-electron chi connectivity index (χ0n) is 15.9. The van der Waals surface area contributed by atoms with Crippen LogP contribution in [0.15, 0.2) is 73.3 Å². The smallest absolute Gasteiger partial charge is 0.0533 e. The van der Waals surface area contributed by atoms with Gasteiger partial charge in [-0.25, -0.2) is 0 Å². The second-order valence-electron chi connectivity index (χ2n) is 7.13. The molecule has 4 aromatic heterocycles. The zero-order valence-corrected chi connectivity index (χ0v) is 15.9. The molecule has 4 aromatic rings. The molecule has 0 bridgehead atoms. The van der Waals surface area contributed by atoms with Gasteiger partial charge in [-0.3, -0.25) is 0 Å². The summed E-state index contributed by atoms with van der Waals surface area (Å²) in [5, 5.41) is 0. The highest BCUT2D eigenvalue weighted by Crippen LogP contribution is 2.42. The average Bonchev–Trinajstić information content (AvgIpc) is 3.38. The summed E-state index contributed by atoms with van der Waals surface area (Å²) in [5.41, 5.74) is 5.27. The van der Waals surface area contributed by atoms with Crippen molar-refractivity contribution in [3.05, 3.63) is 96.1 Å². The maximum absolute atomic E-state index is 2.25. The van der Waals surface area contributed by atoms with E-state index in [1.807, 2.05) is 0 Å². The normalized spacial score (nSPS) is 11.8. The van der Waals surface area contributed by atoms with E-state index in [9.17, 15) is 0 Å². The van der Waals surface area contributed by atoms with Crippen LogP contribution in [0.2, 0.25) is 0 Å². The van der Waals surface area contributed by atoms with Gasteiger partial charge < -0.3 is 18.3 Å². The number of aromatic nitrogens is 4. The molecular weight excluding hydrogens is 320 g/mol. The number of nitrogens with zero attached hydrogens (tertiary/aromatic N) is 4. The Kier molecular flexibility index (Phi) is 4.11. The summed E-state index contributed by atoms with van der Waals surface area (Å²) >= 11 is 0. The van der Waals surface area contributed by atoms with Crippen molar-refractivity contribution in [1.82, 2.24) is 18.3 Å². The van der Waals surface area contributed by atoms with Crippen LogP contribution >= 0.6 is 0 Å². The van der Waals surface area contributed by atoms with Crippen molar-refractivity contribution < 1.29 is 0 Å². The molecule has 0 aliphatic carbocycles. The molecule has 4 heteroatoms. The van der Waals surface area contributed by atoms with E-state index in [2.05, 4.69) is 120 Å². The number of hydrogen-bond acceptors (Lipinski definition) is 0. The highest BCUT2D eigenvalue weighted by atomic mass is 15.0. The second-order valence-corrected chi connectivity index (χ2v) is 7.13. The van der Waals surface area contributed by atoms with Crippen molar-refractivity contribution in [3.8, 4) is 0 Å². The third kappa shape index (κ3) is 2.62. The predicted octanol–water partition coefficient (Wildman–Crippen LogP) is 4.00. The quantitative estimate of drug-likeness (QED) is 0.520. The summed E-state index contributed by atoms with van der Waals surface area (Å²) in [6.07, 6.45) is 8.55. The highest BCUT2D eigenvalue weighted by Gasteiger charge is 2.33. The Morgan fingerprint density at radius 2 is 0.692 bits per heavy atom. The van der Waals surface area contributed by atoms with Gasteiger partial charge in [-0.2, -0.15) is 0 Å². The first-order valence-corrected chi connectivity index (χ1v) is 9.03. The summed E-state index contributed by atoms with van der Waals surface area (Å²) in [4.78, 5) is 0. The second kappa shape index (κ2) is 6.45. The Morgan fingerprint density at radius 1 is 0.462 bits per heavy atom. The van der Waals surface area contributed by atoms with Gasteiger partial charge in [0.1, 0.15) is 0 Å². The minimum Gasteiger partial charge on any atom is -0.354 e. The van der Waals surface area contributed by atoms with Crippen LogP contribution in [0, 0.1) is 0 Å². The lowest BCUT2D eigenvalue weighted by Crippen LogP contribution is -2.22. The molecule has 26 heavy (non-hydrogen) atoms. The SMILES string of the molecule is Cn1cccc1C(c1cccn1C)C(c1cccn1C)c1cccn1C. The molecule has 0 N–H and O–H groups in total. The lowest BCUT2D eigenvalue weighted by atomic mass is 9.81. The first kappa shape index (κ1) is 16.6. The molecule has 4 nitrogen and oxygen atoms in total. The van der Waals surface area contributed by atoms with Crippen LogP contribution < -0.4 is 0 Å². The standard InChI is InChI=1S/C22H26N4/c1-23-13-5-9-17(23)21(18-10-6-14-24(18)2)22(19-11-7-15-25(19)3)20-12-8-16-26(20)4/h5-16,21-22H,1-4H3. The van der Waals surface area contributed by atoms with E-state index >= 15 is 0 Å². The number of aryl methyl sites for hydroxylation is 4. The molecule has 4 heterocycles. The molecule has 0 atom stereocenters. The van der Waals surface area contributed by atoms with Crippen LogP contribution in [0.3, 0.4) is 0 Å². The minimum absolute atomic E-state index is 0.220. The zero-order chi connectivity index (χ0) is 18.3. The fourth-order valence-corrected chi connectivity index (χ4v) is 4.18. The summed E-state index contributed by atoms with van der Waals surface area (Å²) < 4.78 is 8.99. The Bertz CT molecular complexity index is 847. The molecule has 0 radical (unpaired) electrons. The number of hydrogen-bond donors (Lipinski definition) is 0. The molecule has 134 valence electrons. The van der Waals surface area contributed by atoms with Gasteiger partial charge in [0.15, 0.2) is 0 Å². The van der Waals surface area contributed by atoms with Crippen molar-refractivity contribution in [2.24, 2.45) is 28.2 Å². The fraction of sp³-hybridized carbons (Fsp3) is 0.273. The Morgan fingerprint density at radius 3 is 0.846 bits per heavy atom. The van der Waals surface area contributed by atoms with Crippen molar-refractivity contribution in [2.75, 3.05) is 0 Å². The maximum Gasteiger partial charge on any atom is 0.0533 e. The molecule has 0 saturated carbocycles. The van der Waals surface area contributed by atoms with Gasteiger partial charge in [0.25, 0.3) is 0 Å². The van der Waals surface area contributed by atoms with E-state index < -0.39 is 0 Å². The average molecular weight is 346 g/mol. The molecule has 0 aliphatic rings. The van der Waals surface area contributed by atoms with Gasteiger partial charge in [0.2, 0.25) is 0 Å². The molecule has 4 rings (SSSR count). The van der Waals surface area contributed by atoms with Gasteiger partial charge >= 0.3 is 0 Å². The fourth-order valence-electron chi connectivity index (χ4n) is 4.18. The Labute approximate surface area is 154 Å². The van der Waals surface area contributed by atoms with Crippen molar-refractivity contribution in [1.29, 1.82) is 0 Å². The van der Waals surface area contributed by atoms with Crippen LogP contribution in [0.1, 0.15) is 34.6 Å². The van der Waals surface area contributed by atoms with E-state index in [1.165, 1.54) is 22.8 Å². The molecule has 0 unspecified atom stereocenters. The van der Waals surface area contributed by atoms with Gasteiger partial charge in [-0.05, 0) is 48.5 Å². The molecule has 0 fully saturated rings. The van der Waals surface area contributed by atoms with Crippen LogP contribution in [0.25, 0.3) is 0 Å². The third-order valence-electron chi connectivity index (χ3n) is 5.54. The molecule has 0 amide bonds. The van der Waals surface area contributed by atoms with Crippen molar-refractivity contribution >= 4 is 0 Å². The Hall–Kier alpha value is -2.88. The third-order valence-corrected chi connectivity index (χ3v) is 5.54. The van der Waals surface area contributed by atoms with Gasteiger partial charge in [0.05, 0.1) is 11.8 Å². The predicted molar refractivity (Wildman–Crippen MR) is 105 cm³/mol. The monoisotopic (exact) mass is 346 g/mol. The minimum atomic E-state index is 0.220. The van der Waals surface area contributed by atoms with Crippen LogP contribution in [-0.4, -0.2) is 18.3 Å². The summed E-state index contributed by atoms with van der Waals surface area (Å²) in [7, 11) is 8.55. The van der Waals surface area contributed by atoms with Crippen LogP contribution in [0.4, 0.5) is 0 Å². The van der Waals surface area contributed by atoms with Crippen LogP contribution in [0.5, 0.6) is 0 Å². The molecule has 0 spiro atoms. The molecule has 0 saturated heterocycles. The van der Waals surface area contributed by atoms with Gasteiger partial charge in [0, 0.05) is 75.8 Å². The van der Waals surface area contributed by atoms with E-state index in [1.54, 1.807) is 0 Å². The van der Waals surface area contributed by atoms with Gasteiger partial charge in [-0.15, -0.1) is 0 Å². The Balaban J connectivity index is 1.99. The molecule has 0 aliphatic heterocycles. The van der Waals surface area contributed by atoms with Crippen LogP contribution in [-0.2, 0) is 28.2 Å².